The minimum Gasteiger partial charge on any atom is -0.481 e. The molecule has 1 heterocycles. The summed E-state index contributed by atoms with van der Waals surface area (Å²) >= 11 is 0. The molecular formula is C29H48N4O6. The molecule has 10 nitrogen and oxygen atoms in total. The Hall–Kier alpha value is -3.17. The molecule has 0 unspecified atom stereocenters. The van der Waals surface area contributed by atoms with Gasteiger partial charge in [0.1, 0.15) is 18.0 Å². The summed E-state index contributed by atoms with van der Waals surface area (Å²) in [5.41, 5.74) is 5.39. The molecule has 0 radical (unpaired) electrons. The monoisotopic (exact) mass is 548 g/mol. The summed E-state index contributed by atoms with van der Waals surface area (Å²) in [6.07, 6.45) is 14.3. The zero-order valence-electron chi connectivity index (χ0n) is 23.7. The van der Waals surface area contributed by atoms with E-state index in [1.807, 2.05) is 0 Å². The lowest BCUT2D eigenvalue weighted by Gasteiger charge is -2.24. The largest absolute Gasteiger partial charge is 0.481 e. The van der Waals surface area contributed by atoms with Crippen molar-refractivity contribution in [1.29, 1.82) is 0 Å². The lowest BCUT2D eigenvalue weighted by Crippen LogP contribution is -2.48. The average molecular weight is 549 g/mol. The van der Waals surface area contributed by atoms with Crippen LogP contribution in [0.3, 0.4) is 0 Å². The van der Waals surface area contributed by atoms with Gasteiger partial charge in [-0.15, -0.1) is 0 Å². The van der Waals surface area contributed by atoms with E-state index in [0.717, 1.165) is 25.7 Å². The average Bonchev–Trinajstić information content (AvgIpc) is 2.90. The Morgan fingerprint density at radius 2 is 1.56 bits per heavy atom. The highest BCUT2D eigenvalue weighted by atomic mass is 16.5. The second kappa shape index (κ2) is 20.7. The van der Waals surface area contributed by atoms with Gasteiger partial charge >= 0.3 is 18.0 Å². The maximum absolute atomic E-state index is 13.0. The zero-order chi connectivity index (χ0) is 28.9. The summed E-state index contributed by atoms with van der Waals surface area (Å²) < 4.78 is 5.62. The second-order valence-corrected chi connectivity index (χ2v) is 10.1. The number of anilines is 1. The van der Waals surface area contributed by atoms with Crippen molar-refractivity contribution < 1.29 is 29.0 Å². The number of unbranched alkanes of at least 4 members (excludes halogenated alkanes) is 10. The molecule has 1 rings (SSSR count). The van der Waals surface area contributed by atoms with Gasteiger partial charge in [0.05, 0.1) is 6.42 Å². The van der Waals surface area contributed by atoms with Crippen LogP contribution in [-0.4, -0.2) is 53.2 Å². The van der Waals surface area contributed by atoms with E-state index < -0.39 is 36.0 Å². The first-order chi connectivity index (χ1) is 18.7. The summed E-state index contributed by atoms with van der Waals surface area (Å²) in [6, 6.07) is 3.44. The smallest absolute Gasteiger partial charge is 0.328 e. The molecule has 39 heavy (non-hydrogen) atoms. The molecule has 1 aromatic heterocycles. The van der Waals surface area contributed by atoms with Gasteiger partial charge < -0.3 is 20.9 Å². The van der Waals surface area contributed by atoms with Crippen molar-refractivity contribution in [3.8, 4) is 0 Å². The quantitative estimate of drug-likeness (QED) is 0.131. The Labute approximate surface area is 233 Å². The number of carboxylic acid groups (broad SMARTS) is 1. The van der Waals surface area contributed by atoms with Crippen LogP contribution in [0.1, 0.15) is 110 Å². The Kier molecular flexibility index (Phi) is 18.0. The molecule has 0 bridgehead atoms. The van der Waals surface area contributed by atoms with Crippen LogP contribution in [0, 0.1) is 0 Å². The van der Waals surface area contributed by atoms with Crippen LogP contribution >= 0.6 is 0 Å². The molecule has 0 saturated carbocycles. The molecule has 2 atom stereocenters. The lowest BCUT2D eigenvalue weighted by atomic mass is 10.0. The van der Waals surface area contributed by atoms with E-state index in [0.29, 0.717) is 12.2 Å². The van der Waals surface area contributed by atoms with Crippen molar-refractivity contribution >= 4 is 29.7 Å². The number of primary amides is 1. The van der Waals surface area contributed by atoms with Gasteiger partial charge in [0.25, 0.3) is 0 Å². The number of esters is 1. The van der Waals surface area contributed by atoms with Crippen LogP contribution in [0.15, 0.2) is 24.4 Å². The lowest BCUT2D eigenvalue weighted by molar-refractivity contribution is -0.153. The molecule has 220 valence electrons. The summed E-state index contributed by atoms with van der Waals surface area (Å²) in [6.45, 7) is 2.22. The number of hydrogen-bond donors (Lipinski definition) is 3. The van der Waals surface area contributed by atoms with E-state index in [1.54, 1.807) is 24.4 Å². The Morgan fingerprint density at radius 1 is 0.949 bits per heavy atom. The number of hydrogen-bond acceptors (Lipinski definition) is 6. The molecule has 0 aliphatic rings. The van der Waals surface area contributed by atoms with Gasteiger partial charge in [0, 0.05) is 19.7 Å². The molecule has 0 aromatic carbocycles. The summed E-state index contributed by atoms with van der Waals surface area (Å²) in [4.78, 5) is 53.8. The van der Waals surface area contributed by atoms with Crippen molar-refractivity contribution in [2.45, 2.75) is 122 Å². The molecule has 0 fully saturated rings. The highest BCUT2D eigenvalue weighted by Gasteiger charge is 2.27. The van der Waals surface area contributed by atoms with Crippen LogP contribution in [-0.2, 0) is 19.1 Å². The Balaban J connectivity index is 2.59. The fourth-order valence-corrected chi connectivity index (χ4v) is 4.32. The molecule has 10 heteroatoms. The van der Waals surface area contributed by atoms with E-state index >= 15 is 0 Å². The van der Waals surface area contributed by atoms with Crippen LogP contribution in [0.2, 0.25) is 0 Å². The highest BCUT2D eigenvalue weighted by molar-refractivity contribution is 5.93. The highest BCUT2D eigenvalue weighted by Crippen LogP contribution is 2.16. The number of nitrogens with zero attached hydrogens (tertiary/aromatic N) is 2. The standard InChI is InChI=1S/C29H48N4O6/c1-3-4-5-6-7-8-9-10-11-12-13-17-23(22-25(30)34)39-28(37)24(18-16-20-27(35)36)32-29(38)33(2)26-19-14-15-21-31-26/h14-15,19,21,23-24H,3-13,16-18,20,22H2,1-2H3,(H2,30,34)(H,32,38)(H,35,36)/t23-,24-/m0/s1. The molecule has 0 spiro atoms. The Bertz CT molecular complexity index is 851. The Morgan fingerprint density at radius 3 is 2.10 bits per heavy atom. The van der Waals surface area contributed by atoms with Crippen molar-refractivity contribution in [2.24, 2.45) is 5.73 Å². The SMILES string of the molecule is CCCCCCCCCCCCC[C@@H](CC(N)=O)OC(=O)[C@H](CCCC(=O)O)NC(=O)N(C)c1ccccn1. The fraction of sp³-hybridized carbons (Fsp3) is 0.690. The van der Waals surface area contributed by atoms with Gasteiger partial charge in [0.2, 0.25) is 5.91 Å². The van der Waals surface area contributed by atoms with Crippen molar-refractivity contribution in [3.63, 3.8) is 0 Å². The zero-order valence-corrected chi connectivity index (χ0v) is 23.7. The number of aliphatic carboxylic acids is 1. The van der Waals surface area contributed by atoms with E-state index in [9.17, 15) is 19.2 Å². The third-order valence-corrected chi connectivity index (χ3v) is 6.60. The van der Waals surface area contributed by atoms with Crippen LogP contribution in [0.4, 0.5) is 10.6 Å². The summed E-state index contributed by atoms with van der Waals surface area (Å²) in [7, 11) is 1.51. The number of urea groups is 1. The second-order valence-electron chi connectivity index (χ2n) is 10.1. The number of amides is 3. The van der Waals surface area contributed by atoms with Crippen LogP contribution in [0.25, 0.3) is 0 Å². The van der Waals surface area contributed by atoms with Gasteiger partial charge in [-0.3, -0.25) is 14.5 Å². The van der Waals surface area contributed by atoms with Gasteiger partial charge in [-0.05, 0) is 37.8 Å². The maximum atomic E-state index is 13.0. The third-order valence-electron chi connectivity index (χ3n) is 6.60. The molecule has 0 saturated heterocycles. The summed E-state index contributed by atoms with van der Waals surface area (Å²) in [5, 5.41) is 11.6. The first-order valence-corrected chi connectivity index (χ1v) is 14.4. The number of pyridine rings is 1. The molecule has 4 N–H and O–H groups in total. The number of nitrogens with one attached hydrogen (secondary N) is 1. The molecule has 3 amide bonds. The number of ether oxygens (including phenoxy) is 1. The number of carboxylic acids is 1. The summed E-state index contributed by atoms with van der Waals surface area (Å²) in [5.74, 6) is -1.90. The third kappa shape index (κ3) is 16.4. The van der Waals surface area contributed by atoms with Gasteiger partial charge in [-0.25, -0.2) is 14.6 Å². The number of carbonyl (C=O) groups excluding carboxylic acids is 3. The molecule has 0 aliphatic carbocycles. The van der Waals surface area contributed by atoms with Gasteiger partial charge in [0.15, 0.2) is 0 Å². The van der Waals surface area contributed by atoms with Crippen molar-refractivity contribution in [3.05, 3.63) is 24.4 Å². The fourth-order valence-electron chi connectivity index (χ4n) is 4.32. The van der Waals surface area contributed by atoms with E-state index in [-0.39, 0.29) is 25.7 Å². The predicted octanol–water partition coefficient (Wildman–Crippen LogP) is 5.34. The van der Waals surface area contributed by atoms with Crippen LogP contribution < -0.4 is 16.0 Å². The number of nitrogens with two attached hydrogens (primary N) is 1. The van der Waals surface area contributed by atoms with Crippen LogP contribution in [0.5, 0.6) is 0 Å². The minimum atomic E-state index is -1.07. The minimum absolute atomic E-state index is 0.0780. The van der Waals surface area contributed by atoms with Crippen molar-refractivity contribution in [2.75, 3.05) is 11.9 Å². The topological polar surface area (TPSA) is 152 Å². The van der Waals surface area contributed by atoms with E-state index in [2.05, 4.69) is 17.2 Å². The van der Waals surface area contributed by atoms with Crippen molar-refractivity contribution in [1.82, 2.24) is 10.3 Å². The molecular weight excluding hydrogens is 500 g/mol. The molecule has 0 aliphatic heterocycles. The van der Waals surface area contributed by atoms with Gasteiger partial charge in [-0.1, -0.05) is 77.2 Å². The maximum Gasteiger partial charge on any atom is 0.328 e. The van der Waals surface area contributed by atoms with Gasteiger partial charge in [-0.2, -0.15) is 0 Å². The van der Waals surface area contributed by atoms with E-state index in [4.69, 9.17) is 15.6 Å². The number of carbonyl (C=O) groups is 4. The number of aromatic nitrogens is 1. The molecule has 1 aromatic rings. The predicted molar refractivity (Wildman–Crippen MR) is 151 cm³/mol. The first kappa shape index (κ1) is 33.9. The number of rotatable bonds is 22. The first-order valence-electron chi connectivity index (χ1n) is 14.4. The normalized spacial score (nSPS) is 12.4. The van der Waals surface area contributed by atoms with E-state index in [1.165, 1.54) is 56.9 Å².